The molecule has 25 heavy (non-hydrogen) atoms. The minimum atomic E-state index is -4.39. The molecule has 0 saturated carbocycles. The third-order valence-corrected chi connectivity index (χ3v) is 4.58. The number of hydrogen-bond donors (Lipinski definition) is 2. The minimum absolute atomic E-state index is 0.453. The standard InChI is InChI=1S/C18H16ClF3N2O/c1-9-13-7-12(19)8-14(16(13)24(2)15(9)17(23)25)10-3-5-11(6-4-10)18(20,21)22/h3-8,17,25H,23H2,1-2H3. The second-order valence-electron chi connectivity index (χ2n) is 5.94. The Kier molecular flexibility index (Phi) is 4.31. The maximum absolute atomic E-state index is 12.8. The smallest absolute Gasteiger partial charge is 0.373 e. The van der Waals surface area contributed by atoms with E-state index in [9.17, 15) is 18.3 Å². The van der Waals surface area contributed by atoms with E-state index in [4.69, 9.17) is 17.3 Å². The van der Waals surface area contributed by atoms with Gasteiger partial charge in [0.1, 0.15) is 6.23 Å². The average molecular weight is 369 g/mol. The molecule has 0 fully saturated rings. The molecular formula is C18H16ClF3N2O. The lowest BCUT2D eigenvalue weighted by Gasteiger charge is -2.12. The van der Waals surface area contributed by atoms with Crippen LogP contribution in [0.25, 0.3) is 22.0 Å². The zero-order chi connectivity index (χ0) is 18.5. The topological polar surface area (TPSA) is 51.2 Å². The van der Waals surface area contributed by atoms with Crippen molar-refractivity contribution in [1.82, 2.24) is 4.57 Å². The van der Waals surface area contributed by atoms with Gasteiger partial charge in [0.2, 0.25) is 0 Å². The van der Waals surface area contributed by atoms with Gasteiger partial charge in [0.15, 0.2) is 0 Å². The fourth-order valence-electron chi connectivity index (χ4n) is 3.24. The number of nitrogens with zero attached hydrogens (tertiary/aromatic N) is 1. The average Bonchev–Trinajstić information content (AvgIpc) is 2.77. The lowest BCUT2D eigenvalue weighted by atomic mass is 10.0. The van der Waals surface area contributed by atoms with Crippen LogP contribution in [0.1, 0.15) is 23.0 Å². The number of aromatic nitrogens is 1. The highest BCUT2D eigenvalue weighted by Gasteiger charge is 2.30. The van der Waals surface area contributed by atoms with Gasteiger partial charge in [0, 0.05) is 23.0 Å². The van der Waals surface area contributed by atoms with Crippen LogP contribution in [-0.4, -0.2) is 9.67 Å². The van der Waals surface area contributed by atoms with Crippen molar-refractivity contribution in [2.45, 2.75) is 19.3 Å². The molecule has 3 aromatic rings. The summed E-state index contributed by atoms with van der Waals surface area (Å²) in [7, 11) is 1.75. The minimum Gasteiger partial charge on any atom is -0.373 e. The summed E-state index contributed by atoms with van der Waals surface area (Å²) in [4.78, 5) is 0. The maximum Gasteiger partial charge on any atom is 0.416 e. The Morgan fingerprint density at radius 2 is 1.76 bits per heavy atom. The molecule has 0 amide bonds. The molecule has 0 aliphatic rings. The van der Waals surface area contributed by atoms with Crippen molar-refractivity contribution in [1.29, 1.82) is 0 Å². The third-order valence-electron chi connectivity index (χ3n) is 4.36. The third kappa shape index (κ3) is 3.01. The van der Waals surface area contributed by atoms with E-state index < -0.39 is 18.0 Å². The Labute approximate surface area is 147 Å². The van der Waals surface area contributed by atoms with Crippen LogP contribution in [0.5, 0.6) is 0 Å². The molecule has 0 bridgehead atoms. The summed E-state index contributed by atoms with van der Waals surface area (Å²) in [5.74, 6) is 0. The zero-order valence-electron chi connectivity index (χ0n) is 13.5. The normalized spacial score (nSPS) is 13.4. The van der Waals surface area contributed by atoms with Crippen LogP contribution in [-0.2, 0) is 13.2 Å². The summed E-state index contributed by atoms with van der Waals surface area (Å²) in [6, 6.07) is 8.35. The molecular weight excluding hydrogens is 353 g/mol. The number of aliphatic hydroxyl groups excluding tert-OH is 1. The highest BCUT2D eigenvalue weighted by molar-refractivity contribution is 6.32. The van der Waals surface area contributed by atoms with Crippen molar-refractivity contribution in [3.8, 4) is 11.1 Å². The van der Waals surface area contributed by atoms with E-state index in [0.717, 1.165) is 28.6 Å². The quantitative estimate of drug-likeness (QED) is 0.640. The van der Waals surface area contributed by atoms with E-state index >= 15 is 0 Å². The predicted molar refractivity (Wildman–Crippen MR) is 92.3 cm³/mol. The van der Waals surface area contributed by atoms with Gasteiger partial charge in [-0.15, -0.1) is 0 Å². The Morgan fingerprint density at radius 1 is 1.16 bits per heavy atom. The highest BCUT2D eigenvalue weighted by atomic mass is 35.5. The van der Waals surface area contributed by atoms with E-state index in [1.54, 1.807) is 23.7 Å². The van der Waals surface area contributed by atoms with Crippen LogP contribution in [0.4, 0.5) is 13.2 Å². The Balaban J connectivity index is 2.28. The summed E-state index contributed by atoms with van der Waals surface area (Å²) in [6.45, 7) is 1.82. The number of hydrogen-bond acceptors (Lipinski definition) is 2. The molecule has 0 spiro atoms. The van der Waals surface area contributed by atoms with E-state index in [1.807, 2.05) is 6.92 Å². The van der Waals surface area contributed by atoms with E-state index in [1.165, 1.54) is 12.1 Å². The van der Waals surface area contributed by atoms with Gasteiger partial charge in [-0.05, 0) is 42.3 Å². The van der Waals surface area contributed by atoms with Crippen LogP contribution in [0.2, 0.25) is 5.02 Å². The summed E-state index contributed by atoms with van der Waals surface area (Å²) >= 11 is 6.21. The summed E-state index contributed by atoms with van der Waals surface area (Å²) in [5.41, 5.74) is 8.27. The molecule has 1 atom stereocenters. The first-order valence-corrected chi connectivity index (χ1v) is 7.88. The molecule has 3 nitrogen and oxygen atoms in total. The molecule has 0 aliphatic heterocycles. The van der Waals surface area contributed by atoms with E-state index in [2.05, 4.69) is 0 Å². The highest BCUT2D eigenvalue weighted by Crippen LogP contribution is 2.38. The van der Waals surface area contributed by atoms with Crippen molar-refractivity contribution in [3.63, 3.8) is 0 Å². The van der Waals surface area contributed by atoms with Crippen LogP contribution in [0, 0.1) is 6.92 Å². The van der Waals surface area contributed by atoms with Crippen molar-refractivity contribution in [2.75, 3.05) is 0 Å². The van der Waals surface area contributed by atoms with Crippen molar-refractivity contribution in [3.05, 3.63) is 58.2 Å². The van der Waals surface area contributed by atoms with Crippen LogP contribution in [0.15, 0.2) is 36.4 Å². The zero-order valence-corrected chi connectivity index (χ0v) is 14.3. The molecule has 0 aliphatic carbocycles. The first-order chi connectivity index (χ1) is 11.6. The molecule has 3 rings (SSSR count). The van der Waals surface area contributed by atoms with Gasteiger partial charge in [-0.1, -0.05) is 23.7 Å². The fraction of sp³-hybridized carbons (Fsp3) is 0.222. The number of benzene rings is 2. The molecule has 132 valence electrons. The Bertz CT molecular complexity index is 944. The largest absolute Gasteiger partial charge is 0.416 e. The van der Waals surface area contributed by atoms with Crippen LogP contribution >= 0.6 is 11.6 Å². The van der Waals surface area contributed by atoms with Gasteiger partial charge in [0.05, 0.1) is 16.8 Å². The number of aliphatic hydroxyl groups is 1. The number of alkyl halides is 3. The molecule has 1 aromatic heterocycles. The van der Waals surface area contributed by atoms with Gasteiger partial charge in [-0.25, -0.2) is 0 Å². The number of halogens is 4. The molecule has 0 saturated heterocycles. The fourth-order valence-corrected chi connectivity index (χ4v) is 3.45. The first kappa shape index (κ1) is 17.8. The Hall–Kier alpha value is -2.02. The molecule has 1 heterocycles. The van der Waals surface area contributed by atoms with Crippen molar-refractivity contribution >= 4 is 22.5 Å². The number of fused-ring (bicyclic) bond motifs is 1. The molecule has 0 radical (unpaired) electrons. The van der Waals surface area contributed by atoms with Crippen molar-refractivity contribution in [2.24, 2.45) is 12.8 Å². The Morgan fingerprint density at radius 3 is 2.28 bits per heavy atom. The van der Waals surface area contributed by atoms with Gasteiger partial charge >= 0.3 is 6.18 Å². The lowest BCUT2D eigenvalue weighted by Crippen LogP contribution is -2.14. The van der Waals surface area contributed by atoms with Crippen LogP contribution in [0.3, 0.4) is 0 Å². The number of rotatable bonds is 2. The molecule has 7 heteroatoms. The van der Waals surface area contributed by atoms with Crippen molar-refractivity contribution < 1.29 is 18.3 Å². The SMILES string of the molecule is Cc1c(C(N)O)n(C)c2c(-c3ccc(C(F)(F)F)cc3)cc(Cl)cc12. The van der Waals surface area contributed by atoms with Crippen LogP contribution < -0.4 is 5.73 Å². The predicted octanol–water partition coefficient (Wildman–Crippen LogP) is 4.78. The molecule has 2 aromatic carbocycles. The molecule has 3 N–H and O–H groups in total. The van der Waals surface area contributed by atoms with Gasteiger partial charge in [0.25, 0.3) is 0 Å². The van der Waals surface area contributed by atoms with Gasteiger partial charge in [-0.3, -0.25) is 0 Å². The van der Waals surface area contributed by atoms with Gasteiger partial charge < -0.3 is 15.4 Å². The summed E-state index contributed by atoms with van der Waals surface area (Å²) in [5, 5.41) is 11.1. The van der Waals surface area contributed by atoms with Gasteiger partial charge in [-0.2, -0.15) is 13.2 Å². The first-order valence-electron chi connectivity index (χ1n) is 7.51. The summed E-state index contributed by atoms with van der Waals surface area (Å²) in [6.07, 6.45) is -5.56. The second-order valence-corrected chi connectivity index (χ2v) is 6.38. The lowest BCUT2D eigenvalue weighted by molar-refractivity contribution is -0.137. The monoisotopic (exact) mass is 368 g/mol. The molecule has 1 unspecified atom stereocenters. The number of aryl methyl sites for hydroxylation is 2. The van der Waals surface area contributed by atoms with E-state index in [0.29, 0.717) is 21.8 Å². The van der Waals surface area contributed by atoms with E-state index in [-0.39, 0.29) is 0 Å². The summed E-state index contributed by atoms with van der Waals surface area (Å²) < 4.78 is 40.1. The second kappa shape index (κ2) is 6.05. The number of nitrogens with two attached hydrogens (primary N) is 1. The maximum atomic E-state index is 12.8.